The number of anilines is 1. The third-order valence-electron chi connectivity index (χ3n) is 2.99. The predicted molar refractivity (Wildman–Crippen MR) is 83.3 cm³/mol. The average molecular weight is 332 g/mol. The van der Waals surface area contributed by atoms with Crippen LogP contribution in [0.25, 0.3) is 0 Å². The molecule has 0 unspecified atom stereocenters. The van der Waals surface area contributed by atoms with Crippen LogP contribution < -0.4 is 5.32 Å². The van der Waals surface area contributed by atoms with E-state index in [2.05, 4.69) is 21.2 Å². The molecule has 2 aromatic carbocycles. The van der Waals surface area contributed by atoms with Gasteiger partial charge in [0.25, 0.3) is 5.91 Å². The van der Waals surface area contributed by atoms with Gasteiger partial charge in [-0.2, -0.15) is 0 Å². The van der Waals surface area contributed by atoms with Crippen LogP contribution in [0.3, 0.4) is 0 Å². The van der Waals surface area contributed by atoms with Gasteiger partial charge in [-0.25, -0.2) is 0 Å². The number of nitrogens with one attached hydrogen (secondary N) is 1. The van der Waals surface area contributed by atoms with Crippen LogP contribution >= 0.6 is 15.9 Å². The highest BCUT2D eigenvalue weighted by Gasteiger charge is 2.14. The number of carbonyl (C=O) groups excluding carboxylic acids is 2. The van der Waals surface area contributed by atoms with Crippen molar-refractivity contribution in [1.82, 2.24) is 0 Å². The van der Waals surface area contributed by atoms with E-state index in [1.54, 1.807) is 30.3 Å². The van der Waals surface area contributed by atoms with Gasteiger partial charge in [0.05, 0.1) is 11.3 Å². The van der Waals surface area contributed by atoms with E-state index < -0.39 is 0 Å². The highest BCUT2D eigenvalue weighted by molar-refractivity contribution is 9.10. The van der Waals surface area contributed by atoms with Crippen LogP contribution in [0, 0.1) is 6.92 Å². The van der Waals surface area contributed by atoms with Crippen molar-refractivity contribution >= 4 is 33.3 Å². The van der Waals surface area contributed by atoms with Crippen LogP contribution in [0.15, 0.2) is 46.9 Å². The molecule has 0 bridgehead atoms. The predicted octanol–water partition coefficient (Wildman–Crippen LogP) is 4.21. The SMILES string of the molecule is CC(=O)c1ccccc1NC(=O)c1cccc(C)c1Br. The maximum absolute atomic E-state index is 12.3. The molecule has 1 N–H and O–H groups in total. The molecule has 0 aliphatic heterocycles. The first-order valence-electron chi connectivity index (χ1n) is 6.17. The zero-order chi connectivity index (χ0) is 14.7. The quantitative estimate of drug-likeness (QED) is 0.856. The van der Waals surface area contributed by atoms with E-state index in [0.717, 1.165) is 10.0 Å². The third-order valence-corrected chi connectivity index (χ3v) is 4.04. The fraction of sp³-hybridized carbons (Fsp3) is 0.125. The van der Waals surface area contributed by atoms with Crippen molar-refractivity contribution in [2.24, 2.45) is 0 Å². The van der Waals surface area contributed by atoms with Gasteiger partial charge in [-0.3, -0.25) is 9.59 Å². The number of ketones is 1. The van der Waals surface area contributed by atoms with Crippen molar-refractivity contribution in [3.8, 4) is 0 Å². The van der Waals surface area contributed by atoms with Crippen LogP contribution in [0.2, 0.25) is 0 Å². The summed E-state index contributed by atoms with van der Waals surface area (Å²) in [7, 11) is 0. The molecule has 0 saturated carbocycles. The lowest BCUT2D eigenvalue weighted by Gasteiger charge is -2.11. The molecule has 20 heavy (non-hydrogen) atoms. The lowest BCUT2D eigenvalue weighted by Crippen LogP contribution is -2.15. The van der Waals surface area contributed by atoms with E-state index in [0.29, 0.717) is 16.8 Å². The fourth-order valence-corrected chi connectivity index (χ4v) is 2.36. The number of halogens is 1. The van der Waals surface area contributed by atoms with E-state index in [1.807, 2.05) is 19.1 Å². The van der Waals surface area contributed by atoms with Crippen LogP contribution in [0.4, 0.5) is 5.69 Å². The normalized spacial score (nSPS) is 10.2. The van der Waals surface area contributed by atoms with E-state index in [1.165, 1.54) is 6.92 Å². The lowest BCUT2D eigenvalue weighted by molar-refractivity contribution is 0.101. The topological polar surface area (TPSA) is 46.2 Å². The number of hydrogen-bond donors (Lipinski definition) is 1. The molecule has 2 aromatic rings. The molecule has 0 aliphatic rings. The summed E-state index contributed by atoms with van der Waals surface area (Å²) >= 11 is 3.41. The molecule has 102 valence electrons. The first-order chi connectivity index (χ1) is 9.50. The summed E-state index contributed by atoms with van der Waals surface area (Å²) in [5.41, 5.74) is 2.56. The molecule has 0 heterocycles. The van der Waals surface area contributed by atoms with Crippen molar-refractivity contribution in [3.05, 3.63) is 63.6 Å². The highest BCUT2D eigenvalue weighted by Crippen LogP contribution is 2.23. The summed E-state index contributed by atoms with van der Waals surface area (Å²) in [5.74, 6) is -0.321. The van der Waals surface area contributed by atoms with Crippen molar-refractivity contribution < 1.29 is 9.59 Å². The Labute approximate surface area is 126 Å². The summed E-state index contributed by atoms with van der Waals surface area (Å²) in [6.07, 6.45) is 0. The number of aryl methyl sites for hydroxylation is 1. The maximum Gasteiger partial charge on any atom is 0.256 e. The second kappa shape index (κ2) is 6.01. The minimum atomic E-state index is -0.241. The van der Waals surface area contributed by atoms with Gasteiger partial charge in [-0.1, -0.05) is 24.3 Å². The van der Waals surface area contributed by atoms with Crippen LogP contribution in [-0.4, -0.2) is 11.7 Å². The molecule has 0 radical (unpaired) electrons. The Hall–Kier alpha value is -1.94. The molecule has 2 rings (SSSR count). The molecule has 1 amide bonds. The molecule has 0 spiro atoms. The van der Waals surface area contributed by atoms with Crippen molar-refractivity contribution in [3.63, 3.8) is 0 Å². The summed E-state index contributed by atoms with van der Waals surface area (Å²) < 4.78 is 0.762. The first-order valence-corrected chi connectivity index (χ1v) is 6.96. The van der Waals surface area contributed by atoms with Gasteiger partial charge in [-0.15, -0.1) is 0 Å². The second-order valence-corrected chi connectivity index (χ2v) is 5.29. The largest absolute Gasteiger partial charge is 0.321 e. The van der Waals surface area contributed by atoms with Crippen LogP contribution in [0.1, 0.15) is 33.2 Å². The summed E-state index contributed by atoms with van der Waals surface area (Å²) in [5, 5.41) is 2.79. The number of benzene rings is 2. The van der Waals surface area contributed by atoms with E-state index >= 15 is 0 Å². The molecular formula is C16H14BrNO2. The Kier molecular flexibility index (Phi) is 4.35. The van der Waals surface area contributed by atoms with Gasteiger partial charge in [0.15, 0.2) is 5.78 Å². The highest BCUT2D eigenvalue weighted by atomic mass is 79.9. The molecule has 4 heteroatoms. The second-order valence-electron chi connectivity index (χ2n) is 4.49. The first kappa shape index (κ1) is 14.5. The van der Waals surface area contributed by atoms with E-state index in [-0.39, 0.29) is 11.7 Å². The zero-order valence-electron chi connectivity index (χ0n) is 11.2. The standard InChI is InChI=1S/C16H14BrNO2/c1-10-6-5-8-13(15(10)17)16(20)18-14-9-4-3-7-12(14)11(2)19/h3-9H,1-2H3,(H,18,20). The lowest BCUT2D eigenvalue weighted by atomic mass is 10.1. The Morgan fingerprint density at radius 3 is 2.35 bits per heavy atom. The van der Waals surface area contributed by atoms with Crippen molar-refractivity contribution in [2.75, 3.05) is 5.32 Å². The number of hydrogen-bond acceptors (Lipinski definition) is 2. The monoisotopic (exact) mass is 331 g/mol. The minimum Gasteiger partial charge on any atom is -0.321 e. The maximum atomic E-state index is 12.3. The van der Waals surface area contributed by atoms with Crippen molar-refractivity contribution in [2.45, 2.75) is 13.8 Å². The van der Waals surface area contributed by atoms with E-state index in [4.69, 9.17) is 0 Å². The minimum absolute atomic E-state index is 0.0794. The molecule has 0 atom stereocenters. The van der Waals surface area contributed by atoms with Gasteiger partial charge in [0.2, 0.25) is 0 Å². The Morgan fingerprint density at radius 2 is 1.65 bits per heavy atom. The summed E-state index contributed by atoms with van der Waals surface area (Å²) in [4.78, 5) is 23.9. The smallest absolute Gasteiger partial charge is 0.256 e. The summed E-state index contributed by atoms with van der Waals surface area (Å²) in [6, 6.07) is 12.5. The average Bonchev–Trinajstić information content (AvgIpc) is 2.42. The summed E-state index contributed by atoms with van der Waals surface area (Å²) in [6.45, 7) is 3.40. The number of amides is 1. The zero-order valence-corrected chi connectivity index (χ0v) is 12.8. The van der Waals surface area contributed by atoms with Gasteiger partial charge >= 0.3 is 0 Å². The van der Waals surface area contributed by atoms with E-state index in [9.17, 15) is 9.59 Å². The van der Waals surface area contributed by atoms with Gasteiger partial charge < -0.3 is 5.32 Å². The van der Waals surface area contributed by atoms with Gasteiger partial charge in [0, 0.05) is 10.0 Å². The Bertz CT molecular complexity index is 680. The molecule has 0 fully saturated rings. The molecule has 0 saturated heterocycles. The number of Topliss-reactive ketones (excluding diaryl/α,β-unsaturated/α-hetero) is 1. The molecule has 0 aliphatic carbocycles. The van der Waals surface area contributed by atoms with Gasteiger partial charge in [0.1, 0.15) is 0 Å². The Morgan fingerprint density at radius 1 is 1.00 bits per heavy atom. The van der Waals surface area contributed by atoms with Crippen LogP contribution in [-0.2, 0) is 0 Å². The number of rotatable bonds is 3. The number of para-hydroxylation sites is 1. The molecule has 0 aromatic heterocycles. The third kappa shape index (κ3) is 2.96. The number of carbonyl (C=O) groups is 2. The van der Waals surface area contributed by atoms with Crippen molar-refractivity contribution in [1.29, 1.82) is 0 Å². The van der Waals surface area contributed by atoms with Crippen LogP contribution in [0.5, 0.6) is 0 Å². The Balaban J connectivity index is 2.33. The molecule has 3 nitrogen and oxygen atoms in total. The molecular weight excluding hydrogens is 318 g/mol. The van der Waals surface area contributed by atoms with Gasteiger partial charge in [-0.05, 0) is 53.5 Å². The fourth-order valence-electron chi connectivity index (χ4n) is 1.91.